The minimum absolute atomic E-state index is 0.356. The first-order valence-corrected chi connectivity index (χ1v) is 6.59. The monoisotopic (exact) mass is 274 g/mol. The average Bonchev–Trinajstić information content (AvgIpc) is 2.54. The van der Waals surface area contributed by atoms with Gasteiger partial charge in [-0.3, -0.25) is 0 Å². The summed E-state index contributed by atoms with van der Waals surface area (Å²) < 4.78 is 0. The molecule has 0 aliphatic rings. The number of nitriles is 1. The molecule has 1 aromatic heterocycles. The van der Waals surface area contributed by atoms with Gasteiger partial charge < -0.3 is 11.5 Å². The predicted molar refractivity (Wildman–Crippen MR) is 83.3 cm³/mol. The SMILES string of the molecule is N#Cc1cnc(N)c(C(N)c2ccc3ccccc3c2)c1. The largest absolute Gasteiger partial charge is 0.383 e. The number of anilines is 1. The van der Waals surface area contributed by atoms with E-state index in [2.05, 4.69) is 17.1 Å². The number of nitrogen functional groups attached to an aromatic ring is 1. The van der Waals surface area contributed by atoms with Crippen LogP contribution in [0.4, 0.5) is 5.82 Å². The molecule has 21 heavy (non-hydrogen) atoms. The summed E-state index contributed by atoms with van der Waals surface area (Å²) in [5.74, 6) is 0.356. The van der Waals surface area contributed by atoms with Crippen LogP contribution in [0.1, 0.15) is 22.7 Å². The van der Waals surface area contributed by atoms with Gasteiger partial charge in [0, 0.05) is 11.8 Å². The Morgan fingerprint density at radius 2 is 1.81 bits per heavy atom. The fraction of sp³-hybridized carbons (Fsp3) is 0.0588. The lowest BCUT2D eigenvalue weighted by atomic mass is 9.96. The van der Waals surface area contributed by atoms with Crippen LogP contribution in [0.2, 0.25) is 0 Å². The molecule has 4 heteroatoms. The molecular weight excluding hydrogens is 260 g/mol. The van der Waals surface area contributed by atoms with Gasteiger partial charge in [-0.25, -0.2) is 4.98 Å². The van der Waals surface area contributed by atoms with E-state index in [1.165, 1.54) is 6.20 Å². The Bertz CT molecular complexity index is 849. The normalized spacial score (nSPS) is 12.0. The van der Waals surface area contributed by atoms with Crippen molar-refractivity contribution in [3.05, 3.63) is 71.4 Å². The topological polar surface area (TPSA) is 88.7 Å². The van der Waals surface area contributed by atoms with Crippen molar-refractivity contribution in [1.29, 1.82) is 5.26 Å². The summed E-state index contributed by atoms with van der Waals surface area (Å²) in [5, 5.41) is 11.3. The van der Waals surface area contributed by atoms with Crippen LogP contribution in [0.5, 0.6) is 0 Å². The standard InChI is InChI=1S/C17H14N4/c18-9-11-7-15(17(20)21-10-11)16(19)14-6-5-12-3-1-2-4-13(12)8-14/h1-8,10,16H,19H2,(H2,20,21). The number of hydrogen-bond acceptors (Lipinski definition) is 4. The van der Waals surface area contributed by atoms with Gasteiger partial charge in [-0.2, -0.15) is 5.26 Å². The molecule has 3 aromatic rings. The molecule has 0 bridgehead atoms. The van der Waals surface area contributed by atoms with E-state index >= 15 is 0 Å². The molecule has 3 rings (SSSR count). The number of hydrogen-bond donors (Lipinski definition) is 2. The third kappa shape index (κ3) is 2.42. The van der Waals surface area contributed by atoms with E-state index in [1.54, 1.807) is 6.07 Å². The molecule has 1 heterocycles. The molecule has 2 aromatic carbocycles. The number of nitrogens with two attached hydrogens (primary N) is 2. The van der Waals surface area contributed by atoms with E-state index in [1.807, 2.05) is 36.4 Å². The van der Waals surface area contributed by atoms with Crippen LogP contribution in [0, 0.1) is 11.3 Å². The molecule has 1 unspecified atom stereocenters. The summed E-state index contributed by atoms with van der Waals surface area (Å²) in [6.45, 7) is 0. The maximum absolute atomic E-state index is 8.97. The van der Waals surface area contributed by atoms with Crippen molar-refractivity contribution in [3.8, 4) is 6.07 Å². The molecule has 4 N–H and O–H groups in total. The highest BCUT2D eigenvalue weighted by Gasteiger charge is 2.14. The Kier molecular flexibility index (Phi) is 3.27. The van der Waals surface area contributed by atoms with Crippen LogP contribution in [0.15, 0.2) is 54.7 Å². The lowest BCUT2D eigenvalue weighted by molar-refractivity contribution is 0.868. The number of benzene rings is 2. The second-order valence-corrected chi connectivity index (χ2v) is 4.89. The number of aromatic nitrogens is 1. The van der Waals surface area contributed by atoms with E-state index in [9.17, 15) is 0 Å². The van der Waals surface area contributed by atoms with Crippen LogP contribution < -0.4 is 11.5 Å². The van der Waals surface area contributed by atoms with Gasteiger partial charge in [-0.05, 0) is 28.5 Å². The fourth-order valence-electron chi connectivity index (χ4n) is 2.38. The number of fused-ring (bicyclic) bond motifs is 1. The van der Waals surface area contributed by atoms with Gasteiger partial charge in [0.2, 0.25) is 0 Å². The molecule has 0 radical (unpaired) electrons. The van der Waals surface area contributed by atoms with Gasteiger partial charge >= 0.3 is 0 Å². The zero-order chi connectivity index (χ0) is 14.8. The van der Waals surface area contributed by atoms with Gasteiger partial charge in [-0.1, -0.05) is 36.4 Å². The van der Waals surface area contributed by atoms with Crippen molar-refractivity contribution in [1.82, 2.24) is 4.98 Å². The zero-order valence-corrected chi connectivity index (χ0v) is 11.3. The van der Waals surface area contributed by atoms with Gasteiger partial charge in [0.05, 0.1) is 11.6 Å². The van der Waals surface area contributed by atoms with Crippen molar-refractivity contribution in [2.45, 2.75) is 6.04 Å². The van der Waals surface area contributed by atoms with Gasteiger partial charge in [-0.15, -0.1) is 0 Å². The van der Waals surface area contributed by atoms with Crippen molar-refractivity contribution in [3.63, 3.8) is 0 Å². The summed E-state index contributed by atoms with van der Waals surface area (Å²) in [4.78, 5) is 4.03. The van der Waals surface area contributed by atoms with Crippen molar-refractivity contribution >= 4 is 16.6 Å². The van der Waals surface area contributed by atoms with Crippen LogP contribution in [0.3, 0.4) is 0 Å². The number of nitrogens with zero attached hydrogens (tertiary/aromatic N) is 2. The van der Waals surface area contributed by atoms with E-state index in [-0.39, 0.29) is 0 Å². The lowest BCUT2D eigenvalue weighted by Gasteiger charge is -2.15. The van der Waals surface area contributed by atoms with E-state index in [4.69, 9.17) is 16.7 Å². The Labute approximate surface area is 122 Å². The van der Waals surface area contributed by atoms with Crippen molar-refractivity contribution < 1.29 is 0 Å². The quantitative estimate of drug-likeness (QED) is 0.752. The summed E-state index contributed by atoms with van der Waals surface area (Å²) >= 11 is 0. The maximum Gasteiger partial charge on any atom is 0.128 e. The molecule has 4 nitrogen and oxygen atoms in total. The first-order valence-electron chi connectivity index (χ1n) is 6.59. The van der Waals surface area contributed by atoms with Crippen LogP contribution in [-0.2, 0) is 0 Å². The Morgan fingerprint density at radius 1 is 1.05 bits per heavy atom. The van der Waals surface area contributed by atoms with Crippen LogP contribution >= 0.6 is 0 Å². The third-order valence-corrected chi connectivity index (χ3v) is 3.55. The minimum Gasteiger partial charge on any atom is -0.383 e. The molecule has 102 valence electrons. The van der Waals surface area contributed by atoms with Crippen molar-refractivity contribution in [2.24, 2.45) is 5.73 Å². The summed E-state index contributed by atoms with van der Waals surface area (Å²) in [7, 11) is 0. The highest BCUT2D eigenvalue weighted by molar-refractivity contribution is 5.83. The molecule has 0 amide bonds. The summed E-state index contributed by atoms with van der Waals surface area (Å²) in [5.41, 5.74) is 14.3. The zero-order valence-electron chi connectivity index (χ0n) is 11.3. The Hall–Kier alpha value is -2.90. The summed E-state index contributed by atoms with van der Waals surface area (Å²) in [6.07, 6.45) is 1.45. The fourth-order valence-corrected chi connectivity index (χ4v) is 2.38. The summed E-state index contributed by atoms with van der Waals surface area (Å²) in [6, 6.07) is 17.5. The molecule has 0 saturated carbocycles. The highest BCUT2D eigenvalue weighted by Crippen LogP contribution is 2.26. The Balaban J connectivity index is 2.08. The number of pyridine rings is 1. The maximum atomic E-state index is 8.97. The van der Waals surface area contributed by atoms with Gasteiger partial charge in [0.15, 0.2) is 0 Å². The number of rotatable bonds is 2. The van der Waals surface area contributed by atoms with Crippen LogP contribution in [0.25, 0.3) is 10.8 Å². The second kappa shape index (κ2) is 5.23. The Morgan fingerprint density at radius 3 is 2.57 bits per heavy atom. The highest BCUT2D eigenvalue weighted by atomic mass is 14.8. The lowest BCUT2D eigenvalue weighted by Crippen LogP contribution is -2.15. The molecular formula is C17H14N4. The molecule has 0 aliphatic carbocycles. The average molecular weight is 274 g/mol. The van der Waals surface area contributed by atoms with Crippen molar-refractivity contribution in [2.75, 3.05) is 5.73 Å². The first kappa shape index (κ1) is 13.1. The van der Waals surface area contributed by atoms with E-state index in [0.717, 1.165) is 16.3 Å². The molecule has 0 saturated heterocycles. The molecule has 0 fully saturated rings. The first-order chi connectivity index (χ1) is 10.2. The van der Waals surface area contributed by atoms with Crippen LogP contribution in [-0.4, -0.2) is 4.98 Å². The molecule has 0 spiro atoms. The van der Waals surface area contributed by atoms with Gasteiger partial charge in [0.25, 0.3) is 0 Å². The molecule has 0 aliphatic heterocycles. The van der Waals surface area contributed by atoms with E-state index in [0.29, 0.717) is 16.9 Å². The van der Waals surface area contributed by atoms with E-state index < -0.39 is 6.04 Å². The third-order valence-electron chi connectivity index (χ3n) is 3.55. The second-order valence-electron chi connectivity index (χ2n) is 4.89. The minimum atomic E-state index is -0.407. The molecule has 1 atom stereocenters. The van der Waals surface area contributed by atoms with Gasteiger partial charge in [0.1, 0.15) is 11.9 Å². The predicted octanol–water partition coefficient (Wildman–Crippen LogP) is 2.74. The smallest absolute Gasteiger partial charge is 0.128 e.